The fourth-order valence-corrected chi connectivity index (χ4v) is 2.96. The standard InChI is InChI=1S/C14H19Cl2N3O/c1-10(20)14(19-8-3-2-4-9-19)18-17-13-11(15)6-5-7-12(13)16/h5-7,11,13,17H,2-4,8-9H2,1H3/b18-14-. The van der Waals surface area contributed by atoms with Gasteiger partial charge in [0, 0.05) is 25.0 Å². The van der Waals surface area contributed by atoms with Gasteiger partial charge in [0.05, 0.1) is 11.4 Å². The molecule has 0 aromatic heterocycles. The molecule has 0 aromatic carbocycles. The largest absolute Gasteiger partial charge is 0.352 e. The van der Waals surface area contributed by atoms with Crippen LogP contribution in [0, 0.1) is 0 Å². The minimum Gasteiger partial charge on any atom is -0.352 e. The zero-order chi connectivity index (χ0) is 14.5. The lowest BCUT2D eigenvalue weighted by Gasteiger charge is -2.29. The number of alkyl halides is 1. The molecule has 0 saturated carbocycles. The lowest BCUT2D eigenvalue weighted by atomic mass is 10.1. The van der Waals surface area contributed by atoms with Gasteiger partial charge in [0.1, 0.15) is 0 Å². The van der Waals surface area contributed by atoms with Gasteiger partial charge >= 0.3 is 0 Å². The number of Topliss-reactive ketones (excluding diaryl/α,β-unsaturated/α-hetero) is 1. The molecule has 1 aliphatic carbocycles. The minimum absolute atomic E-state index is 0.0445. The Labute approximate surface area is 129 Å². The number of hydrazone groups is 1. The number of rotatable bonds is 3. The summed E-state index contributed by atoms with van der Waals surface area (Å²) in [6.07, 6.45) is 8.84. The van der Waals surface area contributed by atoms with Crippen LogP contribution in [-0.4, -0.2) is 41.0 Å². The highest BCUT2D eigenvalue weighted by Gasteiger charge is 2.24. The first-order valence-corrected chi connectivity index (χ1v) is 7.68. The van der Waals surface area contributed by atoms with Gasteiger partial charge in [-0.15, -0.1) is 11.6 Å². The summed E-state index contributed by atoms with van der Waals surface area (Å²) in [6, 6.07) is -0.289. The van der Waals surface area contributed by atoms with Crippen LogP contribution in [0.1, 0.15) is 26.2 Å². The van der Waals surface area contributed by atoms with E-state index in [1.807, 2.05) is 17.1 Å². The van der Waals surface area contributed by atoms with E-state index in [4.69, 9.17) is 23.2 Å². The molecule has 0 radical (unpaired) electrons. The highest BCUT2D eigenvalue weighted by molar-refractivity contribution is 6.37. The van der Waals surface area contributed by atoms with Crippen LogP contribution in [0.2, 0.25) is 0 Å². The summed E-state index contributed by atoms with van der Waals surface area (Å²) in [6.45, 7) is 3.28. The fraction of sp³-hybridized carbons (Fsp3) is 0.571. The summed E-state index contributed by atoms with van der Waals surface area (Å²) in [5.41, 5.74) is 2.94. The summed E-state index contributed by atoms with van der Waals surface area (Å²) in [5, 5.41) is 4.59. The SMILES string of the molecule is CC(=O)/C(=N/NC1C(Cl)=CC=CC1Cl)N1CCCCC1. The number of amidine groups is 1. The van der Waals surface area contributed by atoms with E-state index in [0.29, 0.717) is 10.9 Å². The molecule has 1 heterocycles. The van der Waals surface area contributed by atoms with E-state index < -0.39 is 0 Å². The number of allylic oxidation sites excluding steroid dienone is 2. The van der Waals surface area contributed by atoms with E-state index in [2.05, 4.69) is 10.5 Å². The number of nitrogens with one attached hydrogen (secondary N) is 1. The first-order valence-electron chi connectivity index (χ1n) is 6.86. The second kappa shape index (κ2) is 7.14. The number of carbonyl (C=O) groups is 1. The molecular formula is C14H19Cl2N3O. The Bertz CT molecular complexity index is 453. The third-order valence-electron chi connectivity index (χ3n) is 3.45. The average Bonchev–Trinajstić information content (AvgIpc) is 2.43. The lowest BCUT2D eigenvalue weighted by molar-refractivity contribution is -0.111. The zero-order valence-corrected chi connectivity index (χ0v) is 13.0. The van der Waals surface area contributed by atoms with Gasteiger partial charge in [0.15, 0.2) is 11.6 Å². The van der Waals surface area contributed by atoms with Gasteiger partial charge in [-0.25, -0.2) is 0 Å². The van der Waals surface area contributed by atoms with Crippen molar-refractivity contribution in [2.24, 2.45) is 5.10 Å². The first kappa shape index (κ1) is 15.4. The number of nitrogens with zero attached hydrogens (tertiary/aromatic N) is 2. The maximum Gasteiger partial charge on any atom is 0.196 e. The quantitative estimate of drug-likeness (QED) is 0.377. The average molecular weight is 316 g/mol. The number of hydrogen-bond acceptors (Lipinski definition) is 3. The normalized spacial score (nSPS) is 27.2. The third kappa shape index (κ3) is 3.76. The molecule has 20 heavy (non-hydrogen) atoms. The minimum atomic E-state index is -0.289. The second-order valence-electron chi connectivity index (χ2n) is 5.03. The topological polar surface area (TPSA) is 44.7 Å². The van der Waals surface area contributed by atoms with Crippen LogP contribution >= 0.6 is 23.2 Å². The molecule has 0 spiro atoms. The molecule has 2 atom stereocenters. The van der Waals surface area contributed by atoms with Crippen molar-refractivity contribution in [2.45, 2.75) is 37.6 Å². The number of likely N-dealkylation sites (tertiary alicyclic amines) is 1. The van der Waals surface area contributed by atoms with E-state index in [9.17, 15) is 4.79 Å². The molecule has 1 fully saturated rings. The van der Waals surface area contributed by atoms with Gasteiger partial charge in [-0.05, 0) is 25.3 Å². The molecule has 0 amide bonds. The Morgan fingerprint density at radius 2 is 2.10 bits per heavy atom. The Hall–Kier alpha value is -1.00. The number of piperidine rings is 1. The fourth-order valence-electron chi connectivity index (χ4n) is 2.36. The third-order valence-corrected chi connectivity index (χ3v) is 4.20. The van der Waals surface area contributed by atoms with Crippen molar-refractivity contribution in [1.82, 2.24) is 10.3 Å². The summed E-state index contributed by atoms with van der Waals surface area (Å²) in [4.78, 5) is 13.8. The smallest absolute Gasteiger partial charge is 0.196 e. The highest BCUT2D eigenvalue weighted by atomic mass is 35.5. The van der Waals surface area contributed by atoms with Crippen LogP contribution in [0.15, 0.2) is 28.4 Å². The Balaban J connectivity index is 2.07. The van der Waals surface area contributed by atoms with Crippen molar-refractivity contribution in [3.05, 3.63) is 23.3 Å². The van der Waals surface area contributed by atoms with E-state index in [1.165, 1.54) is 13.3 Å². The molecule has 2 unspecified atom stereocenters. The van der Waals surface area contributed by atoms with Gasteiger partial charge in [-0.2, -0.15) is 5.10 Å². The molecule has 2 rings (SSSR count). The van der Waals surface area contributed by atoms with E-state index in [-0.39, 0.29) is 17.2 Å². The first-order chi connectivity index (χ1) is 9.59. The molecule has 1 aliphatic heterocycles. The van der Waals surface area contributed by atoms with Crippen LogP contribution in [0.3, 0.4) is 0 Å². The molecule has 110 valence electrons. The second-order valence-corrected chi connectivity index (χ2v) is 5.97. The number of hydrogen-bond donors (Lipinski definition) is 1. The van der Waals surface area contributed by atoms with Gasteiger partial charge in [0.2, 0.25) is 0 Å². The van der Waals surface area contributed by atoms with Crippen molar-refractivity contribution >= 4 is 34.8 Å². The monoisotopic (exact) mass is 315 g/mol. The van der Waals surface area contributed by atoms with Crippen LogP contribution in [0.25, 0.3) is 0 Å². The highest BCUT2D eigenvalue weighted by Crippen LogP contribution is 2.21. The molecule has 0 bridgehead atoms. The molecule has 4 nitrogen and oxygen atoms in total. The van der Waals surface area contributed by atoms with Gasteiger partial charge in [0.25, 0.3) is 0 Å². The van der Waals surface area contributed by atoms with Crippen LogP contribution < -0.4 is 5.43 Å². The molecule has 1 saturated heterocycles. The molecular weight excluding hydrogens is 297 g/mol. The van der Waals surface area contributed by atoms with Crippen molar-refractivity contribution in [1.29, 1.82) is 0 Å². The zero-order valence-electron chi connectivity index (χ0n) is 11.5. The predicted molar refractivity (Wildman–Crippen MR) is 83.2 cm³/mol. The van der Waals surface area contributed by atoms with Crippen molar-refractivity contribution in [3.8, 4) is 0 Å². The summed E-state index contributed by atoms with van der Waals surface area (Å²) < 4.78 is 0. The Kier molecular flexibility index (Phi) is 5.49. The molecule has 0 aromatic rings. The summed E-state index contributed by atoms with van der Waals surface area (Å²) in [5.74, 6) is 0.421. The van der Waals surface area contributed by atoms with Crippen LogP contribution in [0.4, 0.5) is 0 Å². The molecule has 1 N–H and O–H groups in total. The van der Waals surface area contributed by atoms with Gasteiger partial charge < -0.3 is 4.90 Å². The maximum absolute atomic E-state index is 11.8. The molecule has 6 heteroatoms. The van der Waals surface area contributed by atoms with Crippen molar-refractivity contribution < 1.29 is 4.79 Å². The van der Waals surface area contributed by atoms with Crippen molar-refractivity contribution in [3.63, 3.8) is 0 Å². The van der Waals surface area contributed by atoms with E-state index in [1.54, 1.807) is 6.08 Å². The number of carbonyl (C=O) groups excluding carboxylic acids is 1. The van der Waals surface area contributed by atoms with Gasteiger partial charge in [-0.1, -0.05) is 23.8 Å². The molecule has 2 aliphatic rings. The Morgan fingerprint density at radius 3 is 2.70 bits per heavy atom. The van der Waals surface area contributed by atoms with E-state index >= 15 is 0 Å². The van der Waals surface area contributed by atoms with Gasteiger partial charge in [-0.3, -0.25) is 10.2 Å². The summed E-state index contributed by atoms with van der Waals surface area (Å²) in [7, 11) is 0. The maximum atomic E-state index is 11.8. The number of halogens is 2. The number of ketones is 1. The summed E-state index contributed by atoms with van der Waals surface area (Å²) >= 11 is 12.3. The Morgan fingerprint density at radius 1 is 1.40 bits per heavy atom. The van der Waals surface area contributed by atoms with E-state index in [0.717, 1.165) is 25.9 Å². The van der Waals surface area contributed by atoms with Crippen molar-refractivity contribution in [2.75, 3.05) is 13.1 Å². The van der Waals surface area contributed by atoms with Crippen LogP contribution in [0.5, 0.6) is 0 Å². The predicted octanol–water partition coefficient (Wildman–Crippen LogP) is 2.63. The van der Waals surface area contributed by atoms with Crippen LogP contribution in [-0.2, 0) is 4.79 Å². The lowest BCUT2D eigenvalue weighted by Crippen LogP contribution is -2.43.